The highest BCUT2D eigenvalue weighted by molar-refractivity contribution is 5.93. The van der Waals surface area contributed by atoms with Gasteiger partial charge in [-0.3, -0.25) is 4.79 Å². The Bertz CT molecular complexity index is 1640. The van der Waals surface area contributed by atoms with Crippen LogP contribution in [0, 0.1) is 18.3 Å². The zero-order valence-electron chi connectivity index (χ0n) is 18.7. The molecule has 35 heavy (non-hydrogen) atoms. The minimum Gasteiger partial charge on any atom is -0.368 e. The predicted molar refractivity (Wildman–Crippen MR) is 126 cm³/mol. The quantitative estimate of drug-likeness (QED) is 0.389. The maximum absolute atomic E-state index is 13.9. The summed E-state index contributed by atoms with van der Waals surface area (Å²) in [6.45, 7) is 3.57. The molecule has 5 rings (SSSR count). The van der Waals surface area contributed by atoms with Crippen LogP contribution in [0.2, 0.25) is 0 Å². The van der Waals surface area contributed by atoms with Crippen molar-refractivity contribution in [3.63, 3.8) is 0 Å². The summed E-state index contributed by atoms with van der Waals surface area (Å²) in [5.41, 5.74) is 7.34. The van der Waals surface area contributed by atoms with Crippen molar-refractivity contribution in [1.29, 1.82) is 5.26 Å². The van der Waals surface area contributed by atoms with Gasteiger partial charge in [-0.1, -0.05) is 17.3 Å². The molecule has 1 atom stereocenters. The van der Waals surface area contributed by atoms with E-state index in [-0.39, 0.29) is 28.7 Å². The van der Waals surface area contributed by atoms with Gasteiger partial charge in [0.2, 0.25) is 5.95 Å². The Kier molecular flexibility index (Phi) is 5.34. The van der Waals surface area contributed by atoms with E-state index in [1.54, 1.807) is 38.4 Å². The van der Waals surface area contributed by atoms with Crippen molar-refractivity contribution in [1.82, 2.24) is 34.6 Å². The molecule has 1 aromatic carbocycles. The Morgan fingerprint density at radius 2 is 1.94 bits per heavy atom. The summed E-state index contributed by atoms with van der Waals surface area (Å²) >= 11 is 0. The van der Waals surface area contributed by atoms with Gasteiger partial charge in [0, 0.05) is 24.0 Å². The molecule has 0 radical (unpaired) electrons. The average Bonchev–Trinajstić information content (AvgIpc) is 3.38. The molecular weight excluding hydrogens is 448 g/mol. The van der Waals surface area contributed by atoms with E-state index in [4.69, 9.17) is 15.2 Å². The van der Waals surface area contributed by atoms with Gasteiger partial charge in [0.25, 0.3) is 5.56 Å². The first-order valence-electron chi connectivity index (χ1n) is 10.5. The largest absolute Gasteiger partial charge is 0.368 e. The zero-order valence-corrected chi connectivity index (χ0v) is 18.7. The summed E-state index contributed by atoms with van der Waals surface area (Å²) in [5, 5.41) is 16.9. The fraction of sp³-hybridized carbons (Fsp3) is 0.130. The number of benzene rings is 1. The number of aromatic nitrogens is 7. The fourth-order valence-electron chi connectivity index (χ4n) is 3.71. The van der Waals surface area contributed by atoms with Crippen LogP contribution in [0.5, 0.6) is 0 Å². The lowest BCUT2D eigenvalue weighted by Gasteiger charge is -2.19. The zero-order chi connectivity index (χ0) is 24.5. The smallest absolute Gasteiger partial charge is 0.267 e. The van der Waals surface area contributed by atoms with Gasteiger partial charge >= 0.3 is 0 Å². The number of fused-ring (bicyclic) bond motifs is 1. The molecule has 0 amide bonds. The average molecular weight is 466 g/mol. The number of nitrogens with two attached hydrogens (primary N) is 1. The van der Waals surface area contributed by atoms with Gasteiger partial charge < -0.3 is 15.6 Å². The Morgan fingerprint density at radius 3 is 2.66 bits per heavy atom. The number of aryl methyl sites for hydroxylation is 1. The first-order chi connectivity index (χ1) is 17.0. The van der Waals surface area contributed by atoms with E-state index in [2.05, 4.69) is 30.4 Å². The molecular formula is C23H18N10O2. The third kappa shape index (κ3) is 3.91. The summed E-state index contributed by atoms with van der Waals surface area (Å²) in [6, 6.07) is 8.38. The van der Waals surface area contributed by atoms with Gasteiger partial charge in [-0.15, -0.1) is 0 Å². The van der Waals surface area contributed by atoms with Crippen molar-refractivity contribution in [3.05, 3.63) is 76.7 Å². The topological polar surface area (TPSA) is 174 Å². The third-order valence-electron chi connectivity index (χ3n) is 5.34. The van der Waals surface area contributed by atoms with Crippen LogP contribution in [0.3, 0.4) is 0 Å². The second-order valence-corrected chi connectivity index (χ2v) is 7.66. The number of hydrogen-bond acceptors (Lipinski definition) is 11. The Labute approximate surface area is 198 Å². The molecule has 5 aromatic rings. The number of anilines is 2. The Balaban J connectivity index is 1.72. The SMILES string of the molecule is Cc1ncc(-c2cccc3nc([C@@H](C)Nc4nc(N)ncc4C#N)n(-c4ccon4)c(=O)c23)cn1. The van der Waals surface area contributed by atoms with Crippen molar-refractivity contribution < 1.29 is 4.52 Å². The lowest BCUT2D eigenvalue weighted by molar-refractivity contribution is 0.415. The van der Waals surface area contributed by atoms with Gasteiger partial charge in [0.15, 0.2) is 5.82 Å². The molecule has 12 heteroatoms. The highest BCUT2D eigenvalue weighted by Gasteiger charge is 2.22. The number of nitrogens with one attached hydrogen (secondary N) is 1. The highest BCUT2D eigenvalue weighted by atomic mass is 16.5. The van der Waals surface area contributed by atoms with E-state index in [0.717, 1.165) is 0 Å². The summed E-state index contributed by atoms with van der Waals surface area (Å²) in [5.74, 6) is 1.43. The third-order valence-corrected chi connectivity index (χ3v) is 5.34. The maximum Gasteiger partial charge on any atom is 0.267 e. The summed E-state index contributed by atoms with van der Waals surface area (Å²) in [6.07, 6.45) is 6.02. The molecule has 0 aliphatic carbocycles. The number of nitriles is 1. The second-order valence-electron chi connectivity index (χ2n) is 7.66. The summed E-state index contributed by atoms with van der Waals surface area (Å²) in [7, 11) is 0. The number of nitrogens with zero attached hydrogens (tertiary/aromatic N) is 8. The van der Waals surface area contributed by atoms with Crippen LogP contribution < -0.4 is 16.6 Å². The van der Waals surface area contributed by atoms with E-state index in [1.807, 2.05) is 18.2 Å². The molecule has 4 aromatic heterocycles. The molecule has 0 spiro atoms. The predicted octanol–water partition coefficient (Wildman–Crippen LogP) is 2.56. The molecule has 0 aliphatic rings. The molecule has 0 saturated carbocycles. The maximum atomic E-state index is 13.9. The van der Waals surface area contributed by atoms with E-state index < -0.39 is 6.04 Å². The van der Waals surface area contributed by atoms with Crippen molar-refractivity contribution in [2.24, 2.45) is 0 Å². The normalized spacial score (nSPS) is 11.8. The van der Waals surface area contributed by atoms with Crippen LogP contribution in [0.1, 0.15) is 30.2 Å². The molecule has 0 fully saturated rings. The molecule has 3 N–H and O–H groups in total. The van der Waals surface area contributed by atoms with Gasteiger partial charge in [-0.05, 0) is 25.5 Å². The van der Waals surface area contributed by atoms with Crippen LogP contribution >= 0.6 is 0 Å². The van der Waals surface area contributed by atoms with E-state index >= 15 is 0 Å². The van der Waals surface area contributed by atoms with Crippen LogP contribution in [-0.4, -0.2) is 34.6 Å². The minimum absolute atomic E-state index is 0.00372. The summed E-state index contributed by atoms with van der Waals surface area (Å²) in [4.78, 5) is 35.2. The van der Waals surface area contributed by atoms with E-state index in [0.29, 0.717) is 33.7 Å². The van der Waals surface area contributed by atoms with Crippen molar-refractivity contribution in [2.75, 3.05) is 11.1 Å². The van der Waals surface area contributed by atoms with Crippen molar-refractivity contribution in [3.8, 4) is 23.0 Å². The highest BCUT2D eigenvalue weighted by Crippen LogP contribution is 2.27. The lowest BCUT2D eigenvalue weighted by Crippen LogP contribution is -2.28. The fourth-order valence-corrected chi connectivity index (χ4v) is 3.71. The van der Waals surface area contributed by atoms with Crippen molar-refractivity contribution >= 4 is 22.7 Å². The summed E-state index contributed by atoms with van der Waals surface area (Å²) < 4.78 is 6.37. The number of rotatable bonds is 5. The second kappa shape index (κ2) is 8.64. The molecule has 0 saturated heterocycles. The number of hydrogen-bond donors (Lipinski definition) is 2. The molecule has 4 heterocycles. The van der Waals surface area contributed by atoms with Crippen LogP contribution in [0.4, 0.5) is 11.8 Å². The van der Waals surface area contributed by atoms with Crippen LogP contribution in [0.15, 0.2) is 58.4 Å². The van der Waals surface area contributed by atoms with E-state index in [9.17, 15) is 10.1 Å². The van der Waals surface area contributed by atoms with Gasteiger partial charge in [-0.2, -0.15) is 10.2 Å². The van der Waals surface area contributed by atoms with Crippen LogP contribution in [-0.2, 0) is 0 Å². The number of nitrogen functional groups attached to an aromatic ring is 1. The van der Waals surface area contributed by atoms with Gasteiger partial charge in [0.1, 0.15) is 35.4 Å². The minimum atomic E-state index is -0.587. The van der Waals surface area contributed by atoms with Crippen LogP contribution in [0.25, 0.3) is 27.8 Å². The first kappa shape index (κ1) is 21.7. The molecule has 0 bridgehead atoms. The lowest BCUT2D eigenvalue weighted by atomic mass is 10.0. The Morgan fingerprint density at radius 1 is 1.14 bits per heavy atom. The molecule has 172 valence electrons. The van der Waals surface area contributed by atoms with Crippen molar-refractivity contribution in [2.45, 2.75) is 19.9 Å². The Hall–Kier alpha value is -5.18. The van der Waals surface area contributed by atoms with Gasteiger partial charge in [0.05, 0.1) is 23.1 Å². The molecule has 12 nitrogen and oxygen atoms in total. The van der Waals surface area contributed by atoms with E-state index in [1.165, 1.54) is 17.0 Å². The molecule has 0 unspecified atom stereocenters. The monoisotopic (exact) mass is 466 g/mol. The first-order valence-corrected chi connectivity index (χ1v) is 10.5. The van der Waals surface area contributed by atoms with Gasteiger partial charge in [-0.25, -0.2) is 24.5 Å². The standard InChI is InChI=1S/C23H18N10O2/c1-12(29-20-14(8-24)9-28-23(25)31-20)21-30-17-5-3-4-16(15-10-26-13(2)27-11-15)19(17)22(34)33(21)18-6-7-35-32-18/h3-7,9-12H,1-2H3,(H3,25,28,29,31)/t12-/m1/s1. The molecule has 0 aliphatic heterocycles.